The Morgan fingerprint density at radius 2 is 1.80 bits per heavy atom. The van der Waals surface area contributed by atoms with Gasteiger partial charge in [-0.2, -0.15) is 0 Å². The SMILES string of the molecule is Cc1ccc(S(=O)(=O)NCC(C)(O)c2ccc3c(c2)OCO3)cc1C. The average molecular weight is 363 g/mol. The highest BCUT2D eigenvalue weighted by Gasteiger charge is 2.28. The smallest absolute Gasteiger partial charge is 0.240 e. The molecule has 1 atom stereocenters. The quantitative estimate of drug-likeness (QED) is 0.851. The van der Waals surface area contributed by atoms with E-state index in [-0.39, 0.29) is 18.2 Å². The van der Waals surface area contributed by atoms with Gasteiger partial charge in [-0.1, -0.05) is 12.1 Å². The Balaban J connectivity index is 1.78. The largest absolute Gasteiger partial charge is 0.454 e. The zero-order valence-corrected chi connectivity index (χ0v) is 15.2. The van der Waals surface area contributed by atoms with Crippen molar-refractivity contribution in [2.75, 3.05) is 13.3 Å². The minimum absolute atomic E-state index is 0.139. The minimum atomic E-state index is -3.72. The van der Waals surface area contributed by atoms with Gasteiger partial charge in [0.15, 0.2) is 11.5 Å². The average Bonchev–Trinajstić information content (AvgIpc) is 3.03. The molecule has 2 N–H and O–H groups in total. The van der Waals surface area contributed by atoms with E-state index in [1.165, 1.54) is 0 Å². The summed E-state index contributed by atoms with van der Waals surface area (Å²) in [6.45, 7) is 5.30. The second-order valence-corrected chi connectivity index (χ2v) is 8.18. The number of fused-ring (bicyclic) bond motifs is 1. The fraction of sp³-hybridized carbons (Fsp3) is 0.333. The Labute approximate surface area is 147 Å². The Hall–Kier alpha value is -2.09. The van der Waals surface area contributed by atoms with Crippen LogP contribution in [0.3, 0.4) is 0 Å². The molecule has 1 unspecified atom stereocenters. The lowest BCUT2D eigenvalue weighted by atomic mass is 9.96. The first-order valence-corrected chi connectivity index (χ1v) is 9.37. The molecule has 0 saturated heterocycles. The number of sulfonamides is 1. The van der Waals surface area contributed by atoms with Gasteiger partial charge in [-0.25, -0.2) is 13.1 Å². The Morgan fingerprint density at radius 1 is 1.08 bits per heavy atom. The molecule has 0 saturated carbocycles. The first kappa shape index (κ1) is 17.7. The molecule has 25 heavy (non-hydrogen) atoms. The summed E-state index contributed by atoms with van der Waals surface area (Å²) >= 11 is 0. The van der Waals surface area contributed by atoms with Crippen LogP contribution in [-0.2, 0) is 15.6 Å². The summed E-state index contributed by atoms with van der Waals surface area (Å²) in [5.41, 5.74) is 1.06. The number of aliphatic hydroxyl groups is 1. The topological polar surface area (TPSA) is 84.9 Å². The molecule has 0 amide bonds. The number of nitrogens with one attached hydrogen (secondary N) is 1. The van der Waals surface area contributed by atoms with Crippen molar-refractivity contribution in [1.29, 1.82) is 0 Å². The van der Waals surface area contributed by atoms with Crippen LogP contribution in [-0.4, -0.2) is 26.9 Å². The van der Waals surface area contributed by atoms with Gasteiger partial charge < -0.3 is 14.6 Å². The second-order valence-electron chi connectivity index (χ2n) is 6.41. The molecule has 0 fully saturated rings. The Kier molecular flexibility index (Phi) is 4.49. The molecule has 134 valence electrons. The number of hydrogen-bond donors (Lipinski definition) is 2. The van der Waals surface area contributed by atoms with Gasteiger partial charge in [0.25, 0.3) is 0 Å². The molecular weight excluding hydrogens is 342 g/mol. The second kappa shape index (κ2) is 6.33. The zero-order valence-electron chi connectivity index (χ0n) is 14.4. The molecule has 0 spiro atoms. The van der Waals surface area contributed by atoms with Crippen molar-refractivity contribution in [3.05, 3.63) is 53.1 Å². The van der Waals surface area contributed by atoms with E-state index in [0.717, 1.165) is 11.1 Å². The van der Waals surface area contributed by atoms with E-state index in [4.69, 9.17) is 9.47 Å². The third-order valence-corrected chi connectivity index (χ3v) is 5.79. The Morgan fingerprint density at radius 3 is 2.52 bits per heavy atom. The van der Waals surface area contributed by atoms with Crippen LogP contribution in [0.25, 0.3) is 0 Å². The molecule has 0 radical (unpaired) electrons. The number of aryl methyl sites for hydroxylation is 2. The maximum absolute atomic E-state index is 12.5. The van der Waals surface area contributed by atoms with Crippen LogP contribution < -0.4 is 14.2 Å². The van der Waals surface area contributed by atoms with Gasteiger partial charge in [0.05, 0.1) is 4.90 Å². The molecule has 1 aliphatic rings. The highest BCUT2D eigenvalue weighted by Crippen LogP contribution is 2.35. The lowest BCUT2D eigenvalue weighted by Crippen LogP contribution is -2.38. The molecule has 2 aromatic rings. The summed E-state index contributed by atoms with van der Waals surface area (Å²) in [4.78, 5) is 0.178. The highest BCUT2D eigenvalue weighted by atomic mass is 32.2. The van der Waals surface area contributed by atoms with Crippen molar-refractivity contribution in [1.82, 2.24) is 4.72 Å². The van der Waals surface area contributed by atoms with Gasteiger partial charge in [0, 0.05) is 6.54 Å². The number of benzene rings is 2. The first-order chi connectivity index (χ1) is 11.7. The number of ether oxygens (including phenoxy) is 2. The van der Waals surface area contributed by atoms with Crippen molar-refractivity contribution in [3.63, 3.8) is 0 Å². The van der Waals surface area contributed by atoms with Crippen LogP contribution >= 0.6 is 0 Å². The van der Waals surface area contributed by atoms with Gasteiger partial charge in [-0.15, -0.1) is 0 Å². The monoisotopic (exact) mass is 363 g/mol. The van der Waals surface area contributed by atoms with Gasteiger partial charge in [-0.3, -0.25) is 0 Å². The number of rotatable bonds is 5. The minimum Gasteiger partial charge on any atom is -0.454 e. The Bertz CT molecular complexity index is 906. The fourth-order valence-electron chi connectivity index (χ4n) is 2.53. The lowest BCUT2D eigenvalue weighted by molar-refractivity contribution is 0.0625. The molecule has 1 aliphatic heterocycles. The van der Waals surface area contributed by atoms with E-state index >= 15 is 0 Å². The third-order valence-electron chi connectivity index (χ3n) is 4.39. The maximum Gasteiger partial charge on any atom is 0.240 e. The fourth-order valence-corrected chi connectivity index (χ4v) is 3.75. The van der Waals surface area contributed by atoms with Crippen molar-refractivity contribution in [2.45, 2.75) is 31.3 Å². The van der Waals surface area contributed by atoms with Crippen molar-refractivity contribution < 1.29 is 23.0 Å². The summed E-state index contributed by atoms with van der Waals surface area (Å²) < 4.78 is 38.0. The molecule has 0 bridgehead atoms. The molecule has 0 aliphatic carbocycles. The van der Waals surface area contributed by atoms with E-state index in [1.807, 2.05) is 13.8 Å². The molecule has 6 nitrogen and oxygen atoms in total. The molecule has 1 heterocycles. The van der Waals surface area contributed by atoms with Gasteiger partial charge in [-0.05, 0) is 61.7 Å². The summed E-state index contributed by atoms with van der Waals surface area (Å²) in [7, 11) is -3.72. The van der Waals surface area contributed by atoms with Crippen LogP contribution in [0.4, 0.5) is 0 Å². The van der Waals surface area contributed by atoms with Crippen LogP contribution in [0, 0.1) is 13.8 Å². The number of hydrogen-bond acceptors (Lipinski definition) is 5. The summed E-state index contributed by atoms with van der Waals surface area (Å²) in [5.74, 6) is 1.14. The predicted octanol–water partition coefficient (Wildman–Crippen LogP) is 2.22. The summed E-state index contributed by atoms with van der Waals surface area (Å²) in [6.07, 6.45) is 0. The van der Waals surface area contributed by atoms with Crippen LogP contribution in [0.15, 0.2) is 41.3 Å². The predicted molar refractivity (Wildman–Crippen MR) is 93.2 cm³/mol. The van der Waals surface area contributed by atoms with E-state index in [1.54, 1.807) is 43.3 Å². The lowest BCUT2D eigenvalue weighted by Gasteiger charge is -2.24. The van der Waals surface area contributed by atoms with E-state index in [9.17, 15) is 13.5 Å². The standard InChI is InChI=1S/C18H21NO5S/c1-12-4-6-15(8-13(12)2)25(21,22)19-10-18(3,20)14-5-7-16-17(9-14)24-11-23-16/h4-9,19-20H,10-11H2,1-3H3. The van der Waals surface area contributed by atoms with E-state index in [0.29, 0.717) is 17.1 Å². The van der Waals surface area contributed by atoms with Gasteiger partial charge >= 0.3 is 0 Å². The van der Waals surface area contributed by atoms with E-state index in [2.05, 4.69) is 4.72 Å². The van der Waals surface area contributed by atoms with Crippen molar-refractivity contribution >= 4 is 10.0 Å². The summed E-state index contributed by atoms with van der Waals surface area (Å²) in [6, 6.07) is 9.99. The molecule has 3 rings (SSSR count). The highest BCUT2D eigenvalue weighted by molar-refractivity contribution is 7.89. The maximum atomic E-state index is 12.5. The van der Waals surface area contributed by atoms with Crippen LogP contribution in [0.2, 0.25) is 0 Å². The summed E-state index contributed by atoms with van der Waals surface area (Å²) in [5, 5.41) is 10.7. The first-order valence-electron chi connectivity index (χ1n) is 7.88. The normalized spacial score (nSPS) is 15.8. The molecule has 0 aromatic heterocycles. The zero-order chi connectivity index (χ0) is 18.2. The third kappa shape index (κ3) is 3.63. The van der Waals surface area contributed by atoms with Crippen molar-refractivity contribution in [2.24, 2.45) is 0 Å². The van der Waals surface area contributed by atoms with Crippen LogP contribution in [0.5, 0.6) is 11.5 Å². The van der Waals surface area contributed by atoms with E-state index < -0.39 is 15.6 Å². The van der Waals surface area contributed by atoms with Gasteiger partial charge in [0.2, 0.25) is 16.8 Å². The molecule has 7 heteroatoms. The molecule has 2 aromatic carbocycles. The van der Waals surface area contributed by atoms with Crippen LogP contribution in [0.1, 0.15) is 23.6 Å². The van der Waals surface area contributed by atoms with Gasteiger partial charge in [0.1, 0.15) is 5.60 Å². The molecular formula is C18H21NO5S. The van der Waals surface area contributed by atoms with Crippen molar-refractivity contribution in [3.8, 4) is 11.5 Å².